The summed E-state index contributed by atoms with van der Waals surface area (Å²) in [6.07, 6.45) is -0.213. The van der Waals surface area contributed by atoms with Gasteiger partial charge in [0, 0.05) is 24.9 Å². The summed E-state index contributed by atoms with van der Waals surface area (Å²) in [6, 6.07) is 5.74. The summed E-state index contributed by atoms with van der Waals surface area (Å²) >= 11 is 13.0. The van der Waals surface area contributed by atoms with Gasteiger partial charge in [-0.1, -0.05) is 64.4 Å². The summed E-state index contributed by atoms with van der Waals surface area (Å²) in [5.74, 6) is -4.72. The van der Waals surface area contributed by atoms with Crippen molar-refractivity contribution in [3.63, 3.8) is 0 Å². The fourth-order valence-electron chi connectivity index (χ4n) is 5.45. The van der Waals surface area contributed by atoms with Gasteiger partial charge in [-0.25, -0.2) is 4.79 Å². The highest BCUT2D eigenvalue weighted by molar-refractivity contribution is 6.51. The van der Waals surface area contributed by atoms with Gasteiger partial charge in [0.2, 0.25) is 23.5 Å². The predicted octanol–water partition coefficient (Wildman–Crippen LogP) is 2.84. The number of hydrogen-bond donors (Lipinski definition) is 4. The molecule has 1 saturated carbocycles. The van der Waals surface area contributed by atoms with Crippen molar-refractivity contribution in [1.29, 1.82) is 0 Å². The molecule has 3 rings (SSSR count). The van der Waals surface area contributed by atoms with E-state index in [9.17, 15) is 28.8 Å². The maximum Gasteiger partial charge on any atom is 0.408 e. The second kappa shape index (κ2) is 14.6. The van der Waals surface area contributed by atoms with Crippen LogP contribution in [0.3, 0.4) is 0 Å². The Morgan fingerprint density at radius 2 is 1.61 bits per heavy atom. The van der Waals surface area contributed by atoms with Gasteiger partial charge in [0.25, 0.3) is 5.91 Å². The molecule has 2 fully saturated rings. The van der Waals surface area contributed by atoms with Crippen LogP contribution in [0.1, 0.15) is 66.9 Å². The number of piperidine rings is 1. The molecule has 12 nitrogen and oxygen atoms in total. The first kappa shape index (κ1) is 37.1. The summed E-state index contributed by atoms with van der Waals surface area (Å²) in [7, 11) is 0. The standard InChI is InChI=1S/C32H45Cl2N5O7/c1-8-12-20(24(41)27(43)36-16-21(40)35-15-18-13-10-9-11-14-18)37-26(42)23-22-19(32(22,33)34)17-39(23)28(44)25(30(2,3)4)38-29(45)46-31(5,6)7/h9-11,13-14,19-20,22-23,25H,8,12,15-17H2,1-7H3,(H,35,40)(H,36,43)(H,37,42)(H,38,45)/t19-,20?,22-,23-,25+/m0/s1. The van der Waals surface area contributed by atoms with Gasteiger partial charge in [-0.2, -0.15) is 0 Å². The molecule has 1 aromatic rings. The van der Waals surface area contributed by atoms with E-state index in [2.05, 4.69) is 21.3 Å². The number of ether oxygens (including phenoxy) is 1. The van der Waals surface area contributed by atoms with Gasteiger partial charge in [-0.15, -0.1) is 23.2 Å². The fourth-order valence-corrected chi connectivity index (χ4v) is 6.28. The smallest absolute Gasteiger partial charge is 0.408 e. The van der Waals surface area contributed by atoms with Crippen LogP contribution >= 0.6 is 23.2 Å². The molecule has 0 spiro atoms. The number of Topliss-reactive ketones (excluding diaryl/α,β-unsaturated/α-hetero) is 1. The lowest BCUT2D eigenvalue weighted by Crippen LogP contribution is -2.61. The van der Waals surface area contributed by atoms with Crippen molar-refractivity contribution in [1.82, 2.24) is 26.2 Å². The summed E-state index contributed by atoms with van der Waals surface area (Å²) in [5.41, 5.74) is -0.704. The van der Waals surface area contributed by atoms with E-state index in [0.717, 1.165) is 5.56 Å². The zero-order chi connectivity index (χ0) is 34.6. The molecule has 1 aliphatic carbocycles. The molecule has 0 radical (unpaired) electrons. The van der Waals surface area contributed by atoms with E-state index < -0.39 is 87.4 Å². The molecule has 1 unspecified atom stereocenters. The third-order valence-corrected chi connectivity index (χ3v) is 8.90. The van der Waals surface area contributed by atoms with Crippen molar-refractivity contribution in [3.05, 3.63) is 35.9 Å². The number of amides is 5. The SMILES string of the molecule is CCCC(NC(=O)[C@@H]1[C@@H]2[C@H](CN1C(=O)[C@@H](NC(=O)OC(C)(C)C)C(C)(C)C)C2(Cl)Cl)C(=O)C(=O)NCC(=O)NCc1ccccc1. The number of hydrogen-bond acceptors (Lipinski definition) is 7. The van der Waals surface area contributed by atoms with Gasteiger partial charge in [0.15, 0.2) is 0 Å². The first-order valence-electron chi connectivity index (χ1n) is 15.4. The van der Waals surface area contributed by atoms with Crippen LogP contribution in [-0.2, 0) is 35.3 Å². The van der Waals surface area contributed by atoms with Crippen molar-refractivity contribution in [2.45, 2.75) is 95.9 Å². The van der Waals surface area contributed by atoms with Gasteiger partial charge in [-0.3, -0.25) is 24.0 Å². The average Bonchev–Trinajstić information content (AvgIpc) is 3.27. The van der Waals surface area contributed by atoms with E-state index in [0.29, 0.717) is 6.42 Å². The van der Waals surface area contributed by atoms with Crippen molar-refractivity contribution in [3.8, 4) is 0 Å². The molecular formula is C32H45Cl2N5O7. The molecule has 254 valence electrons. The Labute approximate surface area is 280 Å². The van der Waals surface area contributed by atoms with Crippen LogP contribution in [-0.4, -0.2) is 81.6 Å². The molecular weight excluding hydrogens is 637 g/mol. The summed E-state index contributed by atoms with van der Waals surface area (Å²) in [4.78, 5) is 79.8. The third kappa shape index (κ3) is 9.34. The maximum absolute atomic E-state index is 14.0. The lowest BCUT2D eigenvalue weighted by atomic mass is 9.85. The second-order valence-electron chi connectivity index (χ2n) is 13.8. The number of nitrogens with zero attached hydrogens (tertiary/aromatic N) is 1. The highest BCUT2D eigenvalue weighted by Gasteiger charge is 2.74. The lowest BCUT2D eigenvalue weighted by Gasteiger charge is -2.37. The predicted molar refractivity (Wildman–Crippen MR) is 173 cm³/mol. The van der Waals surface area contributed by atoms with Crippen molar-refractivity contribution < 1.29 is 33.5 Å². The number of rotatable bonds is 12. The molecule has 4 N–H and O–H groups in total. The molecule has 1 saturated heterocycles. The Bertz CT molecular complexity index is 1330. The van der Waals surface area contributed by atoms with Crippen LogP contribution in [0.5, 0.6) is 0 Å². The molecule has 5 atom stereocenters. The van der Waals surface area contributed by atoms with Crippen LogP contribution < -0.4 is 21.3 Å². The number of nitrogens with one attached hydrogen (secondary N) is 4. The van der Waals surface area contributed by atoms with Crippen molar-refractivity contribution in [2.75, 3.05) is 13.1 Å². The third-order valence-electron chi connectivity index (χ3n) is 7.83. The Kier molecular flexibility index (Phi) is 11.8. The summed E-state index contributed by atoms with van der Waals surface area (Å²) in [6.45, 7) is 12.1. The maximum atomic E-state index is 14.0. The van der Waals surface area contributed by atoms with E-state index >= 15 is 0 Å². The Morgan fingerprint density at radius 1 is 0.978 bits per heavy atom. The number of halogens is 2. The molecule has 5 amide bonds. The largest absolute Gasteiger partial charge is 0.444 e. The molecule has 2 aliphatic rings. The molecule has 1 heterocycles. The monoisotopic (exact) mass is 681 g/mol. The van der Waals surface area contributed by atoms with Gasteiger partial charge < -0.3 is 30.9 Å². The molecule has 46 heavy (non-hydrogen) atoms. The van der Waals surface area contributed by atoms with Crippen molar-refractivity contribution >= 4 is 58.7 Å². The van der Waals surface area contributed by atoms with E-state index in [4.69, 9.17) is 27.9 Å². The second-order valence-corrected chi connectivity index (χ2v) is 15.3. The average molecular weight is 683 g/mol. The van der Waals surface area contributed by atoms with Crippen LogP contribution in [0, 0.1) is 17.3 Å². The number of carbonyl (C=O) groups excluding carboxylic acids is 6. The van der Waals surface area contributed by atoms with Gasteiger partial charge >= 0.3 is 6.09 Å². The molecule has 0 aromatic heterocycles. The minimum atomic E-state index is -1.26. The van der Waals surface area contributed by atoms with Gasteiger partial charge in [0.1, 0.15) is 22.0 Å². The Morgan fingerprint density at radius 3 is 2.17 bits per heavy atom. The van der Waals surface area contributed by atoms with Crippen LogP contribution in [0.2, 0.25) is 0 Å². The molecule has 0 bridgehead atoms. The summed E-state index contributed by atoms with van der Waals surface area (Å²) < 4.78 is 4.11. The molecule has 14 heteroatoms. The number of alkyl halides is 2. The van der Waals surface area contributed by atoms with Gasteiger partial charge in [0.05, 0.1) is 12.6 Å². The highest BCUT2D eigenvalue weighted by atomic mass is 35.5. The quantitative estimate of drug-likeness (QED) is 0.195. The van der Waals surface area contributed by atoms with E-state index in [1.54, 1.807) is 48.5 Å². The van der Waals surface area contributed by atoms with Crippen LogP contribution in [0.25, 0.3) is 0 Å². The zero-order valence-corrected chi connectivity index (χ0v) is 28.9. The number of ketones is 1. The van der Waals surface area contributed by atoms with E-state index in [1.807, 2.05) is 30.3 Å². The number of likely N-dealkylation sites (tertiary alicyclic amines) is 1. The molecule has 1 aromatic carbocycles. The van der Waals surface area contributed by atoms with E-state index in [1.165, 1.54) is 4.90 Å². The first-order chi connectivity index (χ1) is 21.3. The van der Waals surface area contributed by atoms with E-state index in [-0.39, 0.29) is 19.5 Å². The number of alkyl carbamates (subject to hydrolysis) is 1. The van der Waals surface area contributed by atoms with Crippen LogP contribution in [0.15, 0.2) is 30.3 Å². The number of carbonyl (C=O) groups is 6. The Balaban J connectivity index is 1.70. The minimum Gasteiger partial charge on any atom is -0.444 e. The van der Waals surface area contributed by atoms with Gasteiger partial charge in [-0.05, 0) is 38.2 Å². The number of benzene rings is 1. The summed E-state index contributed by atoms with van der Waals surface area (Å²) in [5, 5.41) is 10.2. The first-order valence-corrected chi connectivity index (χ1v) is 16.1. The Hall–Kier alpha value is -3.38. The number of fused-ring (bicyclic) bond motifs is 1. The topological polar surface area (TPSA) is 163 Å². The molecule has 1 aliphatic heterocycles. The normalized spacial score (nSPS) is 21.2. The minimum absolute atomic E-state index is 0.0577. The highest BCUT2D eigenvalue weighted by Crippen LogP contribution is 2.65. The van der Waals surface area contributed by atoms with Crippen LogP contribution in [0.4, 0.5) is 4.79 Å². The zero-order valence-electron chi connectivity index (χ0n) is 27.4. The fraction of sp³-hybridized carbons (Fsp3) is 0.625. The van der Waals surface area contributed by atoms with Crippen molar-refractivity contribution in [2.24, 2.45) is 17.3 Å². The lowest BCUT2D eigenvalue weighted by molar-refractivity contribution is -0.145.